The van der Waals surface area contributed by atoms with Crippen molar-refractivity contribution in [1.29, 1.82) is 0 Å². The number of rotatable bonds is 3. The second-order valence-corrected chi connectivity index (χ2v) is 2.70. The van der Waals surface area contributed by atoms with Gasteiger partial charge in [-0.3, -0.25) is 0 Å². The molecule has 1 nitrogen and oxygen atoms in total. The molecule has 0 atom stereocenters. The van der Waals surface area contributed by atoms with Gasteiger partial charge in [0, 0.05) is 14.2 Å². The maximum absolute atomic E-state index is 3.10. The summed E-state index contributed by atoms with van der Waals surface area (Å²) >= 11 is 0. The van der Waals surface area contributed by atoms with Gasteiger partial charge in [0.25, 0.3) is 0 Å². The molecule has 0 aromatic heterocycles. The van der Waals surface area contributed by atoms with Crippen molar-refractivity contribution in [3.05, 3.63) is 29.8 Å². The average Bonchev–Trinajstić information content (AvgIpc) is 2.07. The van der Waals surface area contributed by atoms with Crippen molar-refractivity contribution >= 4 is 5.69 Å². The van der Waals surface area contributed by atoms with Crippen molar-refractivity contribution in [2.75, 3.05) is 12.4 Å². The zero-order chi connectivity index (χ0) is 8.10. The molecule has 0 amide bonds. The Kier molecular flexibility index (Phi) is 2.96. The van der Waals surface area contributed by atoms with Gasteiger partial charge in [-0.15, -0.1) is 0 Å². The Morgan fingerprint density at radius 2 is 1.91 bits per heavy atom. The molecular formula is C10H17N. The van der Waals surface area contributed by atoms with Crippen LogP contribution in [0.3, 0.4) is 0 Å². The number of nitrogens with one attached hydrogen (secondary N) is 1. The van der Waals surface area contributed by atoms with Crippen LogP contribution >= 0.6 is 0 Å². The van der Waals surface area contributed by atoms with Crippen LogP contribution in [0.4, 0.5) is 5.69 Å². The number of benzene rings is 1. The highest BCUT2D eigenvalue weighted by molar-refractivity contribution is 5.43. The fraction of sp³-hybridized carbons (Fsp3) is 0.400. The van der Waals surface area contributed by atoms with Gasteiger partial charge in [0.2, 0.25) is 0 Å². The number of hydrogen-bond donors (Lipinski definition) is 1. The Morgan fingerprint density at radius 1 is 1.27 bits per heavy atom. The van der Waals surface area contributed by atoms with Crippen LogP contribution < -0.4 is 5.32 Å². The SMILES string of the molecule is CCCc1ccc(NC)cc1.[HH]. The second kappa shape index (κ2) is 4.02. The molecule has 0 unspecified atom stereocenters. The normalized spacial score (nSPS) is 9.64. The van der Waals surface area contributed by atoms with Gasteiger partial charge in [-0.1, -0.05) is 25.5 Å². The lowest BCUT2D eigenvalue weighted by Gasteiger charge is -2.01. The third kappa shape index (κ3) is 2.26. The van der Waals surface area contributed by atoms with E-state index in [4.69, 9.17) is 0 Å². The van der Waals surface area contributed by atoms with Crippen molar-refractivity contribution in [1.82, 2.24) is 0 Å². The maximum atomic E-state index is 3.10. The van der Waals surface area contributed by atoms with Crippen LogP contribution in [-0.2, 0) is 6.42 Å². The van der Waals surface area contributed by atoms with Crippen LogP contribution in [0.2, 0.25) is 0 Å². The first-order chi connectivity index (χ1) is 5.36. The zero-order valence-corrected chi connectivity index (χ0v) is 7.22. The van der Waals surface area contributed by atoms with E-state index in [9.17, 15) is 0 Å². The Hall–Kier alpha value is -0.980. The van der Waals surface area contributed by atoms with Gasteiger partial charge >= 0.3 is 0 Å². The molecule has 0 heterocycles. The molecule has 0 fully saturated rings. The largest absolute Gasteiger partial charge is 0.388 e. The molecule has 0 aliphatic carbocycles. The Morgan fingerprint density at radius 3 is 2.36 bits per heavy atom. The van der Waals surface area contributed by atoms with E-state index in [0.29, 0.717) is 0 Å². The first-order valence-corrected chi connectivity index (χ1v) is 4.13. The van der Waals surface area contributed by atoms with Crippen LogP contribution in [0.1, 0.15) is 20.3 Å². The molecule has 0 aliphatic rings. The van der Waals surface area contributed by atoms with E-state index in [1.54, 1.807) is 0 Å². The number of hydrogen-bond acceptors (Lipinski definition) is 1. The molecule has 0 spiro atoms. The number of aryl methyl sites for hydroxylation is 1. The van der Waals surface area contributed by atoms with Crippen molar-refractivity contribution in [2.24, 2.45) is 0 Å². The van der Waals surface area contributed by atoms with Crippen LogP contribution in [0, 0.1) is 0 Å². The predicted molar refractivity (Wildman–Crippen MR) is 52.1 cm³/mol. The molecule has 1 heteroatoms. The maximum Gasteiger partial charge on any atom is 0.0337 e. The summed E-state index contributed by atoms with van der Waals surface area (Å²) in [5.41, 5.74) is 2.61. The van der Waals surface area contributed by atoms with Crippen molar-refractivity contribution < 1.29 is 1.43 Å². The smallest absolute Gasteiger partial charge is 0.0337 e. The molecule has 1 N–H and O–H groups in total. The first-order valence-electron chi connectivity index (χ1n) is 4.13. The molecule has 0 aliphatic heterocycles. The minimum absolute atomic E-state index is 0. The summed E-state index contributed by atoms with van der Waals surface area (Å²) in [7, 11) is 1.94. The molecule has 11 heavy (non-hydrogen) atoms. The number of anilines is 1. The van der Waals surface area contributed by atoms with Crippen LogP contribution in [0.25, 0.3) is 0 Å². The summed E-state index contributed by atoms with van der Waals surface area (Å²) in [6.45, 7) is 2.20. The molecule has 1 aromatic rings. The van der Waals surface area contributed by atoms with Gasteiger partial charge in [-0.2, -0.15) is 0 Å². The highest BCUT2D eigenvalue weighted by Gasteiger charge is 1.90. The van der Waals surface area contributed by atoms with E-state index in [1.807, 2.05) is 7.05 Å². The van der Waals surface area contributed by atoms with Crippen molar-refractivity contribution in [3.8, 4) is 0 Å². The predicted octanol–water partition coefficient (Wildman–Crippen LogP) is 2.93. The summed E-state index contributed by atoms with van der Waals surface area (Å²) in [6, 6.07) is 8.58. The summed E-state index contributed by atoms with van der Waals surface area (Å²) in [5, 5.41) is 3.10. The molecule has 62 valence electrons. The summed E-state index contributed by atoms with van der Waals surface area (Å²) in [5.74, 6) is 0. The Bertz CT molecular complexity index is 206. The van der Waals surface area contributed by atoms with E-state index in [1.165, 1.54) is 24.1 Å². The lowest BCUT2D eigenvalue weighted by molar-refractivity contribution is 0.922. The van der Waals surface area contributed by atoms with E-state index in [-0.39, 0.29) is 1.43 Å². The molecule has 1 aromatic carbocycles. The third-order valence-electron chi connectivity index (χ3n) is 1.78. The quantitative estimate of drug-likeness (QED) is 0.700. The molecule has 0 saturated carbocycles. The third-order valence-corrected chi connectivity index (χ3v) is 1.78. The minimum Gasteiger partial charge on any atom is -0.388 e. The Labute approximate surface area is 69.9 Å². The summed E-state index contributed by atoms with van der Waals surface area (Å²) < 4.78 is 0. The van der Waals surface area contributed by atoms with Crippen molar-refractivity contribution in [3.63, 3.8) is 0 Å². The van der Waals surface area contributed by atoms with E-state index in [0.717, 1.165) is 0 Å². The summed E-state index contributed by atoms with van der Waals surface area (Å²) in [4.78, 5) is 0. The fourth-order valence-electron chi connectivity index (χ4n) is 1.13. The van der Waals surface area contributed by atoms with E-state index < -0.39 is 0 Å². The van der Waals surface area contributed by atoms with Crippen LogP contribution in [0.5, 0.6) is 0 Å². The summed E-state index contributed by atoms with van der Waals surface area (Å²) in [6.07, 6.45) is 2.41. The average molecular weight is 151 g/mol. The van der Waals surface area contributed by atoms with E-state index in [2.05, 4.69) is 36.5 Å². The second-order valence-electron chi connectivity index (χ2n) is 2.70. The minimum atomic E-state index is 0. The zero-order valence-electron chi connectivity index (χ0n) is 7.22. The fourth-order valence-corrected chi connectivity index (χ4v) is 1.13. The van der Waals surface area contributed by atoms with Gasteiger partial charge in [-0.25, -0.2) is 0 Å². The molecule has 1 rings (SSSR count). The first kappa shape index (κ1) is 8.12. The van der Waals surface area contributed by atoms with Crippen molar-refractivity contribution in [2.45, 2.75) is 19.8 Å². The van der Waals surface area contributed by atoms with Crippen LogP contribution in [0.15, 0.2) is 24.3 Å². The topological polar surface area (TPSA) is 12.0 Å². The monoisotopic (exact) mass is 151 g/mol. The van der Waals surface area contributed by atoms with Gasteiger partial charge < -0.3 is 5.32 Å². The Balaban J connectivity index is 0.00000121. The highest BCUT2D eigenvalue weighted by Crippen LogP contribution is 2.09. The lowest BCUT2D eigenvalue weighted by Crippen LogP contribution is -1.88. The molecule has 0 radical (unpaired) electrons. The van der Waals surface area contributed by atoms with Gasteiger partial charge in [0.1, 0.15) is 0 Å². The van der Waals surface area contributed by atoms with Gasteiger partial charge in [-0.05, 0) is 24.1 Å². The molecular weight excluding hydrogens is 134 g/mol. The lowest BCUT2D eigenvalue weighted by atomic mass is 10.1. The molecule has 0 bridgehead atoms. The van der Waals surface area contributed by atoms with Gasteiger partial charge in [0.15, 0.2) is 0 Å². The standard InChI is InChI=1S/C10H15N.H2/c1-3-4-9-5-7-10(11-2)8-6-9;/h5-8,11H,3-4H2,1-2H3;1H. The van der Waals surface area contributed by atoms with E-state index >= 15 is 0 Å². The highest BCUT2D eigenvalue weighted by atomic mass is 14.8. The van der Waals surface area contributed by atoms with Crippen LogP contribution in [-0.4, -0.2) is 7.05 Å². The molecule has 0 saturated heterocycles. The van der Waals surface area contributed by atoms with Gasteiger partial charge in [0.05, 0.1) is 0 Å².